The summed E-state index contributed by atoms with van der Waals surface area (Å²) in [7, 11) is 3.19. The first kappa shape index (κ1) is 19.1. The molecule has 1 aromatic carbocycles. The van der Waals surface area contributed by atoms with Crippen molar-refractivity contribution in [2.24, 2.45) is 0 Å². The summed E-state index contributed by atoms with van der Waals surface area (Å²) in [5.41, 5.74) is 5.39. The van der Waals surface area contributed by atoms with Crippen molar-refractivity contribution in [1.29, 1.82) is 0 Å². The van der Waals surface area contributed by atoms with Crippen LogP contribution >= 0.6 is 0 Å². The van der Waals surface area contributed by atoms with E-state index in [0.29, 0.717) is 17.5 Å². The molecular formula is C22H27NO4. The Morgan fingerprint density at radius 2 is 1.78 bits per heavy atom. The van der Waals surface area contributed by atoms with Crippen LogP contribution in [0.5, 0.6) is 11.5 Å². The van der Waals surface area contributed by atoms with Crippen molar-refractivity contribution < 1.29 is 19.0 Å². The van der Waals surface area contributed by atoms with Crippen molar-refractivity contribution in [2.75, 3.05) is 14.2 Å². The fourth-order valence-electron chi connectivity index (χ4n) is 3.40. The second-order valence-electron chi connectivity index (χ2n) is 7.00. The quantitative estimate of drug-likeness (QED) is 0.532. The maximum Gasteiger partial charge on any atom is 0.331 e. The molecule has 0 N–H and O–H groups in total. The van der Waals surface area contributed by atoms with Gasteiger partial charge in [0.15, 0.2) is 11.5 Å². The van der Waals surface area contributed by atoms with Crippen LogP contribution in [-0.4, -0.2) is 24.8 Å². The highest BCUT2D eigenvalue weighted by Crippen LogP contribution is 2.38. The van der Waals surface area contributed by atoms with Crippen LogP contribution in [0, 0.1) is 20.8 Å². The van der Waals surface area contributed by atoms with Gasteiger partial charge in [-0.1, -0.05) is 0 Å². The van der Waals surface area contributed by atoms with Gasteiger partial charge in [-0.05, 0) is 74.6 Å². The molecule has 0 bridgehead atoms. The van der Waals surface area contributed by atoms with E-state index >= 15 is 0 Å². The number of benzene rings is 1. The summed E-state index contributed by atoms with van der Waals surface area (Å²) in [5.74, 6) is 0.925. The Balaban J connectivity index is 1.65. The van der Waals surface area contributed by atoms with Gasteiger partial charge in [0.25, 0.3) is 0 Å². The second-order valence-corrected chi connectivity index (χ2v) is 7.00. The number of ether oxygens (including phenoxy) is 3. The third kappa shape index (κ3) is 4.18. The van der Waals surface area contributed by atoms with Crippen LogP contribution in [0.25, 0.3) is 6.08 Å². The predicted molar refractivity (Wildman–Crippen MR) is 105 cm³/mol. The van der Waals surface area contributed by atoms with Gasteiger partial charge in [-0.25, -0.2) is 4.79 Å². The van der Waals surface area contributed by atoms with Crippen molar-refractivity contribution in [3.8, 4) is 11.5 Å². The normalized spacial score (nSPS) is 13.8. The lowest BCUT2D eigenvalue weighted by Gasteiger charge is -2.12. The largest absolute Gasteiger partial charge is 0.493 e. The van der Waals surface area contributed by atoms with E-state index in [1.807, 2.05) is 25.1 Å². The summed E-state index contributed by atoms with van der Waals surface area (Å²) in [5, 5.41) is 0. The van der Waals surface area contributed by atoms with E-state index in [2.05, 4.69) is 24.5 Å². The van der Waals surface area contributed by atoms with Crippen molar-refractivity contribution in [3.05, 3.63) is 52.4 Å². The molecule has 0 amide bonds. The van der Waals surface area contributed by atoms with Crippen LogP contribution in [-0.2, 0) is 16.1 Å². The highest BCUT2D eigenvalue weighted by atomic mass is 16.5. The van der Waals surface area contributed by atoms with Gasteiger partial charge in [-0.2, -0.15) is 0 Å². The highest BCUT2D eigenvalue weighted by molar-refractivity contribution is 5.87. The number of aryl methyl sites for hydroxylation is 2. The van der Waals surface area contributed by atoms with Gasteiger partial charge in [-0.3, -0.25) is 0 Å². The summed E-state index contributed by atoms with van der Waals surface area (Å²) in [4.78, 5) is 12.2. The molecule has 0 unspecified atom stereocenters. The smallest absolute Gasteiger partial charge is 0.331 e. The Hall–Kier alpha value is -2.69. The Morgan fingerprint density at radius 1 is 1.11 bits per heavy atom. The number of hydrogen-bond acceptors (Lipinski definition) is 4. The minimum atomic E-state index is -0.361. The van der Waals surface area contributed by atoms with Gasteiger partial charge in [0.05, 0.1) is 14.2 Å². The molecule has 1 fully saturated rings. The van der Waals surface area contributed by atoms with Crippen LogP contribution in [0.4, 0.5) is 0 Å². The van der Waals surface area contributed by atoms with Gasteiger partial charge in [0.1, 0.15) is 6.61 Å². The molecular weight excluding hydrogens is 342 g/mol. The van der Waals surface area contributed by atoms with E-state index < -0.39 is 0 Å². The topological polar surface area (TPSA) is 49.7 Å². The van der Waals surface area contributed by atoms with Crippen molar-refractivity contribution in [2.45, 2.75) is 46.3 Å². The van der Waals surface area contributed by atoms with Gasteiger partial charge >= 0.3 is 5.97 Å². The molecule has 0 aliphatic heterocycles. The highest BCUT2D eigenvalue weighted by Gasteiger charge is 2.26. The van der Waals surface area contributed by atoms with Gasteiger partial charge in [-0.15, -0.1) is 0 Å². The summed E-state index contributed by atoms with van der Waals surface area (Å²) in [6.07, 6.45) is 5.82. The third-order valence-electron chi connectivity index (χ3n) is 5.05. The fourth-order valence-corrected chi connectivity index (χ4v) is 3.40. The molecule has 0 atom stereocenters. The van der Waals surface area contributed by atoms with E-state index in [1.165, 1.54) is 30.3 Å². The summed E-state index contributed by atoms with van der Waals surface area (Å²) < 4.78 is 18.4. The molecule has 27 heavy (non-hydrogen) atoms. The van der Waals surface area contributed by atoms with Crippen molar-refractivity contribution in [3.63, 3.8) is 0 Å². The van der Waals surface area contributed by atoms with Gasteiger partial charge < -0.3 is 18.8 Å². The lowest BCUT2D eigenvalue weighted by Crippen LogP contribution is -2.03. The molecule has 2 aromatic rings. The first-order valence-corrected chi connectivity index (χ1v) is 9.19. The van der Waals surface area contributed by atoms with Crippen LogP contribution in [0.2, 0.25) is 0 Å². The Kier molecular flexibility index (Phi) is 5.59. The van der Waals surface area contributed by atoms with E-state index in [4.69, 9.17) is 14.2 Å². The molecule has 1 aliphatic rings. The zero-order chi connectivity index (χ0) is 19.6. The first-order valence-electron chi connectivity index (χ1n) is 9.19. The second kappa shape index (κ2) is 7.91. The van der Waals surface area contributed by atoms with Crippen molar-refractivity contribution >= 4 is 12.0 Å². The Bertz CT molecular complexity index is 875. The number of methoxy groups -OCH3 is 2. The molecule has 0 spiro atoms. The average Bonchev–Trinajstić information content (AvgIpc) is 3.44. The Morgan fingerprint density at radius 3 is 2.41 bits per heavy atom. The minimum absolute atomic E-state index is 0.191. The molecule has 1 aliphatic carbocycles. The van der Waals surface area contributed by atoms with E-state index in [1.54, 1.807) is 14.2 Å². The number of carbonyl (C=O) groups is 1. The summed E-state index contributed by atoms with van der Waals surface area (Å²) in [6, 6.07) is 6.47. The van der Waals surface area contributed by atoms with E-state index in [-0.39, 0.29) is 12.6 Å². The summed E-state index contributed by atoms with van der Waals surface area (Å²) >= 11 is 0. The molecule has 1 saturated carbocycles. The average molecular weight is 369 g/mol. The number of hydrogen-bond donors (Lipinski definition) is 0. The third-order valence-corrected chi connectivity index (χ3v) is 5.05. The number of aromatic nitrogens is 1. The maximum absolute atomic E-state index is 12.2. The monoisotopic (exact) mass is 369 g/mol. The lowest BCUT2D eigenvalue weighted by molar-refractivity contribution is -0.138. The van der Waals surface area contributed by atoms with E-state index in [0.717, 1.165) is 16.7 Å². The zero-order valence-electron chi connectivity index (χ0n) is 16.7. The lowest BCUT2D eigenvalue weighted by atomic mass is 10.1. The molecule has 5 heteroatoms. The first-order chi connectivity index (χ1) is 12.9. The molecule has 1 heterocycles. The number of rotatable bonds is 7. The number of esters is 1. The number of carbonyl (C=O) groups excluding carboxylic acids is 1. The minimum Gasteiger partial charge on any atom is -0.493 e. The van der Waals surface area contributed by atoms with Crippen LogP contribution in [0.15, 0.2) is 24.3 Å². The predicted octanol–water partition coefficient (Wildman–Crippen LogP) is 4.52. The van der Waals surface area contributed by atoms with Gasteiger partial charge in [0, 0.05) is 23.5 Å². The van der Waals surface area contributed by atoms with Crippen LogP contribution < -0.4 is 9.47 Å². The molecule has 144 valence electrons. The van der Waals surface area contributed by atoms with Crippen molar-refractivity contribution in [1.82, 2.24) is 4.57 Å². The molecule has 0 saturated heterocycles. The maximum atomic E-state index is 12.2. The Labute approximate surface area is 160 Å². The SMILES string of the molecule is COc1cc(C)c(COC(=O)/C=C/c2cc(C)n(C3CC3)c2C)cc1OC. The molecule has 5 nitrogen and oxygen atoms in total. The van der Waals surface area contributed by atoms with Crippen LogP contribution in [0.1, 0.15) is 47.0 Å². The van der Waals surface area contributed by atoms with E-state index in [9.17, 15) is 4.79 Å². The number of nitrogens with zero attached hydrogens (tertiary/aromatic N) is 1. The molecule has 3 rings (SSSR count). The molecule has 0 radical (unpaired) electrons. The molecule has 1 aromatic heterocycles. The standard InChI is InChI=1S/C22H27NO4/c1-14-10-20(25-4)21(26-5)12-18(14)13-27-22(24)9-6-17-11-15(2)23(16(17)3)19-7-8-19/h6,9-12,19H,7-8,13H2,1-5H3/b9-6+. The zero-order valence-corrected chi connectivity index (χ0v) is 16.7. The van der Waals surface area contributed by atoms with Gasteiger partial charge in [0.2, 0.25) is 0 Å². The fraction of sp³-hybridized carbons (Fsp3) is 0.409. The van der Waals surface area contributed by atoms with Crippen LogP contribution in [0.3, 0.4) is 0 Å². The summed E-state index contributed by atoms with van der Waals surface area (Å²) in [6.45, 7) is 6.36.